The second kappa shape index (κ2) is 4.62. The summed E-state index contributed by atoms with van der Waals surface area (Å²) in [6.07, 6.45) is 0. The molecule has 0 spiro atoms. The van der Waals surface area contributed by atoms with Gasteiger partial charge >= 0.3 is 0 Å². The number of carbonyl (C=O) groups excluding carboxylic acids is 1. The van der Waals surface area contributed by atoms with Crippen molar-refractivity contribution in [1.29, 1.82) is 0 Å². The van der Waals surface area contributed by atoms with Gasteiger partial charge in [-0.3, -0.25) is 4.79 Å². The van der Waals surface area contributed by atoms with Crippen molar-refractivity contribution >= 4 is 44.9 Å². The molecule has 0 aliphatic carbocycles. The SMILES string of the molecule is O=C(c1ccc(Cl)c(Cl)c1)c1ccc(Br)o1. The largest absolute Gasteiger partial charge is 0.446 e. The topological polar surface area (TPSA) is 30.2 Å². The predicted octanol–water partition coefficient (Wildman–Crippen LogP) is 4.58. The molecule has 2 aromatic rings. The van der Waals surface area contributed by atoms with Crippen molar-refractivity contribution in [2.45, 2.75) is 0 Å². The summed E-state index contributed by atoms with van der Waals surface area (Å²) in [6.45, 7) is 0. The van der Waals surface area contributed by atoms with Gasteiger partial charge in [0.1, 0.15) is 0 Å². The number of furan rings is 1. The summed E-state index contributed by atoms with van der Waals surface area (Å²) >= 11 is 14.7. The van der Waals surface area contributed by atoms with Crippen molar-refractivity contribution in [1.82, 2.24) is 0 Å². The molecule has 5 heteroatoms. The zero-order chi connectivity index (χ0) is 11.7. The van der Waals surface area contributed by atoms with E-state index in [-0.39, 0.29) is 11.5 Å². The Morgan fingerprint density at radius 3 is 2.44 bits per heavy atom. The first kappa shape index (κ1) is 11.7. The highest BCUT2D eigenvalue weighted by Crippen LogP contribution is 2.24. The summed E-state index contributed by atoms with van der Waals surface area (Å²) < 4.78 is 5.67. The average molecular weight is 320 g/mol. The summed E-state index contributed by atoms with van der Waals surface area (Å²) in [4.78, 5) is 11.9. The maximum atomic E-state index is 11.9. The lowest BCUT2D eigenvalue weighted by Gasteiger charge is -2.00. The second-order valence-electron chi connectivity index (χ2n) is 3.06. The molecule has 0 radical (unpaired) electrons. The molecule has 0 bridgehead atoms. The number of carbonyl (C=O) groups is 1. The van der Waals surface area contributed by atoms with E-state index in [1.165, 1.54) is 6.07 Å². The number of hydrogen-bond donors (Lipinski definition) is 0. The van der Waals surface area contributed by atoms with Crippen molar-refractivity contribution in [3.05, 3.63) is 56.4 Å². The fraction of sp³-hybridized carbons (Fsp3) is 0. The molecule has 0 saturated carbocycles. The van der Waals surface area contributed by atoms with Crippen LogP contribution in [0, 0.1) is 0 Å². The van der Waals surface area contributed by atoms with Gasteiger partial charge < -0.3 is 4.42 Å². The fourth-order valence-corrected chi connectivity index (χ4v) is 1.82. The minimum Gasteiger partial charge on any atom is -0.446 e. The number of halogens is 3. The molecule has 0 unspecified atom stereocenters. The molecule has 0 saturated heterocycles. The summed E-state index contributed by atoms with van der Waals surface area (Å²) in [5.41, 5.74) is 0.441. The number of hydrogen-bond acceptors (Lipinski definition) is 2. The number of benzene rings is 1. The van der Waals surface area contributed by atoms with Gasteiger partial charge in [0.25, 0.3) is 0 Å². The van der Waals surface area contributed by atoms with Gasteiger partial charge in [-0.15, -0.1) is 0 Å². The van der Waals surface area contributed by atoms with Crippen molar-refractivity contribution < 1.29 is 9.21 Å². The van der Waals surface area contributed by atoms with Crippen LogP contribution < -0.4 is 0 Å². The van der Waals surface area contributed by atoms with Crippen LogP contribution in [-0.4, -0.2) is 5.78 Å². The van der Waals surface area contributed by atoms with E-state index >= 15 is 0 Å². The van der Waals surface area contributed by atoms with Crippen molar-refractivity contribution in [2.24, 2.45) is 0 Å². The first-order valence-electron chi connectivity index (χ1n) is 4.33. The van der Waals surface area contributed by atoms with Crippen molar-refractivity contribution in [2.75, 3.05) is 0 Å². The highest BCUT2D eigenvalue weighted by atomic mass is 79.9. The third kappa shape index (κ3) is 2.32. The molecule has 1 heterocycles. The normalized spacial score (nSPS) is 10.4. The van der Waals surface area contributed by atoms with Gasteiger partial charge in [-0.1, -0.05) is 23.2 Å². The van der Waals surface area contributed by atoms with Gasteiger partial charge in [-0.25, -0.2) is 0 Å². The zero-order valence-corrected chi connectivity index (χ0v) is 10.9. The lowest BCUT2D eigenvalue weighted by molar-refractivity contribution is 0.101. The molecular formula is C11H5BrCl2O2. The standard InChI is InChI=1S/C11H5BrCl2O2/c12-10-4-3-9(16-10)11(15)6-1-2-7(13)8(14)5-6/h1-5H. The van der Waals surface area contributed by atoms with E-state index in [1.807, 2.05) is 0 Å². The van der Waals surface area contributed by atoms with Gasteiger partial charge in [-0.2, -0.15) is 0 Å². The van der Waals surface area contributed by atoms with Crippen LogP contribution in [0.2, 0.25) is 10.0 Å². The summed E-state index contributed by atoms with van der Waals surface area (Å²) in [6, 6.07) is 7.95. The first-order valence-corrected chi connectivity index (χ1v) is 5.88. The Kier molecular flexibility index (Phi) is 3.38. The van der Waals surface area contributed by atoms with Crippen molar-refractivity contribution in [3.63, 3.8) is 0 Å². The molecule has 16 heavy (non-hydrogen) atoms. The molecule has 0 amide bonds. The van der Waals surface area contributed by atoms with Crippen LogP contribution in [0.15, 0.2) is 39.4 Å². The Balaban J connectivity index is 2.38. The van der Waals surface area contributed by atoms with Gasteiger partial charge in [0.05, 0.1) is 10.0 Å². The fourth-order valence-electron chi connectivity index (χ4n) is 1.22. The molecule has 82 valence electrons. The minimum atomic E-state index is -0.232. The summed E-state index contributed by atoms with van der Waals surface area (Å²) in [5.74, 6) is 0.0227. The van der Waals surface area contributed by atoms with Crippen LogP contribution in [0.25, 0.3) is 0 Å². The molecule has 0 aliphatic rings. The molecule has 2 rings (SSSR count). The number of rotatable bonds is 2. The highest BCUT2D eigenvalue weighted by Gasteiger charge is 2.14. The Labute approximate surface area is 110 Å². The van der Waals surface area contributed by atoms with E-state index in [2.05, 4.69) is 15.9 Å². The van der Waals surface area contributed by atoms with Gasteiger partial charge in [-0.05, 0) is 46.3 Å². The Morgan fingerprint density at radius 2 is 1.88 bits per heavy atom. The summed E-state index contributed by atoms with van der Waals surface area (Å²) in [7, 11) is 0. The summed E-state index contributed by atoms with van der Waals surface area (Å²) in [5, 5.41) is 0.761. The highest BCUT2D eigenvalue weighted by molar-refractivity contribution is 9.10. The van der Waals surface area contributed by atoms with E-state index in [4.69, 9.17) is 27.6 Å². The molecule has 2 nitrogen and oxygen atoms in total. The van der Waals surface area contributed by atoms with Gasteiger partial charge in [0, 0.05) is 5.56 Å². The monoisotopic (exact) mass is 318 g/mol. The third-order valence-corrected chi connectivity index (χ3v) is 3.14. The Morgan fingerprint density at radius 1 is 1.12 bits per heavy atom. The lowest BCUT2D eigenvalue weighted by Crippen LogP contribution is -1.99. The van der Waals surface area contributed by atoms with Crippen LogP contribution in [0.3, 0.4) is 0 Å². The van der Waals surface area contributed by atoms with Gasteiger partial charge in [0.2, 0.25) is 5.78 Å². The van der Waals surface area contributed by atoms with Crippen LogP contribution in [0.5, 0.6) is 0 Å². The number of ketones is 1. The van der Waals surface area contributed by atoms with E-state index < -0.39 is 0 Å². The quantitative estimate of drug-likeness (QED) is 0.758. The lowest BCUT2D eigenvalue weighted by atomic mass is 10.1. The predicted molar refractivity (Wildman–Crippen MR) is 66.3 cm³/mol. The smallest absolute Gasteiger partial charge is 0.228 e. The van der Waals surface area contributed by atoms with E-state index in [0.29, 0.717) is 20.3 Å². The van der Waals surface area contributed by atoms with Crippen LogP contribution in [0.1, 0.15) is 16.1 Å². The van der Waals surface area contributed by atoms with Gasteiger partial charge in [0.15, 0.2) is 10.4 Å². The third-order valence-electron chi connectivity index (χ3n) is 1.98. The van der Waals surface area contributed by atoms with Crippen LogP contribution in [-0.2, 0) is 0 Å². The molecule has 1 aromatic heterocycles. The maximum Gasteiger partial charge on any atom is 0.228 e. The molecule has 1 aromatic carbocycles. The molecule has 0 aliphatic heterocycles. The zero-order valence-electron chi connectivity index (χ0n) is 7.84. The van der Waals surface area contributed by atoms with Crippen LogP contribution >= 0.6 is 39.1 Å². The average Bonchev–Trinajstić information content (AvgIpc) is 2.68. The van der Waals surface area contributed by atoms with Crippen molar-refractivity contribution in [3.8, 4) is 0 Å². The van der Waals surface area contributed by atoms with E-state index in [1.54, 1.807) is 24.3 Å². The Hall–Kier alpha value is -0.770. The van der Waals surface area contributed by atoms with Crippen LogP contribution in [0.4, 0.5) is 0 Å². The maximum absolute atomic E-state index is 11.9. The second-order valence-corrected chi connectivity index (χ2v) is 4.66. The molecule has 0 N–H and O–H groups in total. The van der Waals surface area contributed by atoms with E-state index in [0.717, 1.165) is 0 Å². The molecule has 0 atom stereocenters. The Bertz CT molecular complexity index is 549. The molecular weight excluding hydrogens is 315 g/mol. The molecule has 0 fully saturated rings. The van der Waals surface area contributed by atoms with E-state index in [9.17, 15) is 4.79 Å². The minimum absolute atomic E-state index is 0.232. The first-order chi connectivity index (χ1) is 7.58.